The molecule has 2 rings (SSSR count). The lowest BCUT2D eigenvalue weighted by atomic mass is 10.1. The highest BCUT2D eigenvalue weighted by Crippen LogP contribution is 2.25. The summed E-state index contributed by atoms with van der Waals surface area (Å²) in [5.74, 6) is -0.773. The highest BCUT2D eigenvalue weighted by atomic mass is 16.3. The topological polar surface area (TPSA) is 108 Å². The van der Waals surface area contributed by atoms with Gasteiger partial charge in [-0.3, -0.25) is 9.78 Å². The van der Waals surface area contributed by atoms with Gasteiger partial charge < -0.3 is 21.3 Å². The van der Waals surface area contributed by atoms with Crippen molar-refractivity contribution in [1.29, 1.82) is 0 Å². The molecule has 0 saturated carbocycles. The zero-order valence-electron chi connectivity index (χ0n) is 11.6. The quantitative estimate of drug-likeness (QED) is 0.634. The highest BCUT2D eigenvalue weighted by Gasteiger charge is 2.16. The van der Waals surface area contributed by atoms with Gasteiger partial charge >= 0.3 is 0 Å². The van der Waals surface area contributed by atoms with Crippen LogP contribution in [-0.4, -0.2) is 27.1 Å². The van der Waals surface area contributed by atoms with Gasteiger partial charge in [-0.15, -0.1) is 0 Å². The first-order chi connectivity index (χ1) is 9.97. The van der Waals surface area contributed by atoms with Gasteiger partial charge in [0.1, 0.15) is 0 Å². The van der Waals surface area contributed by atoms with E-state index in [-0.39, 0.29) is 23.8 Å². The molecule has 1 atom stereocenters. The van der Waals surface area contributed by atoms with Crippen LogP contribution >= 0.6 is 0 Å². The molecule has 6 heteroatoms. The predicted molar refractivity (Wildman–Crippen MR) is 79.1 cm³/mol. The molecule has 0 bridgehead atoms. The van der Waals surface area contributed by atoms with Crippen molar-refractivity contribution in [2.75, 3.05) is 5.32 Å². The number of rotatable bonds is 4. The van der Waals surface area contributed by atoms with Gasteiger partial charge in [-0.1, -0.05) is 6.07 Å². The molecule has 2 aromatic rings. The number of anilines is 1. The first-order valence-electron chi connectivity index (χ1n) is 6.45. The third kappa shape index (κ3) is 3.70. The number of phenols is 2. The molecule has 1 amide bonds. The van der Waals surface area contributed by atoms with E-state index in [1.54, 1.807) is 24.5 Å². The Bertz CT molecular complexity index is 658. The third-order valence-electron chi connectivity index (χ3n) is 3.13. The summed E-state index contributed by atoms with van der Waals surface area (Å²) in [6.45, 7) is 1.86. The van der Waals surface area contributed by atoms with Gasteiger partial charge in [0.25, 0.3) is 0 Å². The Labute approximate surface area is 122 Å². The number of nitrogens with two attached hydrogens (primary N) is 1. The Morgan fingerprint density at radius 3 is 2.76 bits per heavy atom. The summed E-state index contributed by atoms with van der Waals surface area (Å²) in [5, 5.41) is 21.4. The van der Waals surface area contributed by atoms with Crippen molar-refractivity contribution in [3.63, 3.8) is 0 Å². The van der Waals surface area contributed by atoms with Crippen molar-refractivity contribution in [3.05, 3.63) is 47.8 Å². The minimum atomic E-state index is -0.770. The summed E-state index contributed by atoms with van der Waals surface area (Å²) in [6, 6.07) is 5.38. The number of hydrogen-bond acceptors (Lipinski definition) is 5. The van der Waals surface area contributed by atoms with Crippen LogP contribution in [0.15, 0.2) is 36.7 Å². The Hall–Kier alpha value is -2.60. The Morgan fingerprint density at radius 2 is 2.10 bits per heavy atom. The summed E-state index contributed by atoms with van der Waals surface area (Å²) < 4.78 is 0. The third-order valence-corrected chi connectivity index (χ3v) is 3.13. The van der Waals surface area contributed by atoms with E-state index in [1.807, 2.05) is 6.92 Å². The SMILES string of the molecule is Cc1ccncc1NC(=O)[C@@H](N)Cc1ccc(O)c(O)c1. The van der Waals surface area contributed by atoms with Crippen LogP contribution in [0.4, 0.5) is 5.69 Å². The fraction of sp³-hybridized carbons (Fsp3) is 0.200. The van der Waals surface area contributed by atoms with Gasteiger partial charge in [0, 0.05) is 6.20 Å². The number of aromatic hydroxyl groups is 2. The number of carbonyl (C=O) groups excluding carboxylic acids is 1. The van der Waals surface area contributed by atoms with E-state index in [2.05, 4.69) is 10.3 Å². The maximum absolute atomic E-state index is 12.0. The van der Waals surface area contributed by atoms with Gasteiger partial charge in [-0.05, 0) is 42.7 Å². The lowest BCUT2D eigenvalue weighted by molar-refractivity contribution is -0.117. The molecule has 0 spiro atoms. The lowest BCUT2D eigenvalue weighted by Gasteiger charge is -2.13. The van der Waals surface area contributed by atoms with Crippen LogP contribution in [0.1, 0.15) is 11.1 Å². The summed E-state index contributed by atoms with van der Waals surface area (Å²) in [7, 11) is 0. The molecule has 0 aliphatic carbocycles. The van der Waals surface area contributed by atoms with Crippen molar-refractivity contribution in [2.45, 2.75) is 19.4 Å². The number of carbonyl (C=O) groups is 1. The molecule has 0 saturated heterocycles. The normalized spacial score (nSPS) is 11.9. The van der Waals surface area contributed by atoms with Crippen molar-refractivity contribution < 1.29 is 15.0 Å². The van der Waals surface area contributed by atoms with Crippen molar-refractivity contribution in [1.82, 2.24) is 4.98 Å². The minimum absolute atomic E-state index is 0.206. The summed E-state index contributed by atoms with van der Waals surface area (Å²) in [6.07, 6.45) is 3.45. The van der Waals surface area contributed by atoms with E-state index >= 15 is 0 Å². The predicted octanol–water partition coefficient (Wildman–Crippen LogP) is 1.31. The average molecular weight is 287 g/mol. The monoisotopic (exact) mass is 287 g/mol. The summed E-state index contributed by atoms with van der Waals surface area (Å²) in [4.78, 5) is 16.0. The van der Waals surface area contributed by atoms with E-state index in [0.717, 1.165) is 5.56 Å². The summed E-state index contributed by atoms with van der Waals surface area (Å²) >= 11 is 0. The smallest absolute Gasteiger partial charge is 0.241 e. The second kappa shape index (κ2) is 6.23. The fourth-order valence-electron chi connectivity index (χ4n) is 1.86. The molecule has 6 nitrogen and oxygen atoms in total. The number of nitrogens with one attached hydrogen (secondary N) is 1. The number of hydrogen-bond donors (Lipinski definition) is 4. The van der Waals surface area contributed by atoms with E-state index < -0.39 is 6.04 Å². The van der Waals surface area contributed by atoms with E-state index in [1.165, 1.54) is 12.1 Å². The maximum atomic E-state index is 12.0. The molecule has 0 aliphatic heterocycles. The number of aryl methyl sites for hydroxylation is 1. The molecule has 110 valence electrons. The molecule has 21 heavy (non-hydrogen) atoms. The second-order valence-electron chi connectivity index (χ2n) is 4.81. The number of benzene rings is 1. The fourth-order valence-corrected chi connectivity index (χ4v) is 1.86. The molecule has 1 aromatic heterocycles. The molecular formula is C15H17N3O3. The van der Waals surface area contributed by atoms with Crippen LogP contribution in [0.3, 0.4) is 0 Å². The van der Waals surface area contributed by atoms with Gasteiger partial charge in [0.15, 0.2) is 11.5 Å². The summed E-state index contributed by atoms with van der Waals surface area (Å²) in [5.41, 5.74) is 8.03. The van der Waals surface area contributed by atoms with Crippen LogP contribution in [0.5, 0.6) is 11.5 Å². The van der Waals surface area contributed by atoms with E-state index in [4.69, 9.17) is 5.73 Å². The van der Waals surface area contributed by atoms with Crippen LogP contribution in [0.2, 0.25) is 0 Å². The molecular weight excluding hydrogens is 270 g/mol. The molecule has 1 aromatic carbocycles. The van der Waals surface area contributed by atoms with E-state index in [9.17, 15) is 15.0 Å². The molecule has 0 aliphatic rings. The van der Waals surface area contributed by atoms with Crippen molar-refractivity contribution in [3.8, 4) is 11.5 Å². The number of aromatic nitrogens is 1. The van der Waals surface area contributed by atoms with Crippen molar-refractivity contribution >= 4 is 11.6 Å². The average Bonchev–Trinajstić information content (AvgIpc) is 2.45. The Balaban J connectivity index is 2.02. The Kier molecular flexibility index (Phi) is 4.39. The Morgan fingerprint density at radius 1 is 1.33 bits per heavy atom. The zero-order valence-corrected chi connectivity index (χ0v) is 11.6. The molecule has 0 unspecified atom stereocenters. The van der Waals surface area contributed by atoms with Gasteiger partial charge in [-0.2, -0.15) is 0 Å². The standard InChI is InChI=1S/C15H17N3O3/c1-9-4-5-17-8-12(9)18-15(21)11(16)6-10-2-3-13(19)14(20)7-10/h2-5,7-8,11,19-20H,6,16H2,1H3,(H,18,21)/t11-/m0/s1. The molecule has 5 N–H and O–H groups in total. The van der Waals surface area contributed by atoms with Crippen LogP contribution in [0, 0.1) is 6.92 Å². The number of phenolic OH excluding ortho intramolecular Hbond substituents is 2. The maximum Gasteiger partial charge on any atom is 0.241 e. The number of amides is 1. The van der Waals surface area contributed by atoms with Gasteiger partial charge in [-0.25, -0.2) is 0 Å². The van der Waals surface area contributed by atoms with Crippen LogP contribution in [0.25, 0.3) is 0 Å². The van der Waals surface area contributed by atoms with Crippen molar-refractivity contribution in [2.24, 2.45) is 5.73 Å². The minimum Gasteiger partial charge on any atom is -0.504 e. The van der Waals surface area contributed by atoms with Crippen LogP contribution in [-0.2, 0) is 11.2 Å². The zero-order chi connectivity index (χ0) is 15.4. The van der Waals surface area contributed by atoms with E-state index in [0.29, 0.717) is 11.3 Å². The number of pyridine rings is 1. The second-order valence-corrected chi connectivity index (χ2v) is 4.81. The molecule has 0 fully saturated rings. The van der Waals surface area contributed by atoms with Crippen LogP contribution < -0.4 is 11.1 Å². The number of nitrogens with zero attached hydrogens (tertiary/aromatic N) is 1. The largest absolute Gasteiger partial charge is 0.504 e. The first-order valence-corrected chi connectivity index (χ1v) is 6.45. The highest BCUT2D eigenvalue weighted by molar-refractivity contribution is 5.95. The molecule has 0 radical (unpaired) electrons. The lowest BCUT2D eigenvalue weighted by Crippen LogP contribution is -2.37. The molecule has 1 heterocycles. The van der Waals surface area contributed by atoms with Gasteiger partial charge in [0.2, 0.25) is 5.91 Å². The first kappa shape index (κ1) is 14.8. The van der Waals surface area contributed by atoms with Gasteiger partial charge in [0.05, 0.1) is 17.9 Å².